The van der Waals surface area contributed by atoms with Crippen LogP contribution in [0.4, 0.5) is 0 Å². The highest BCUT2D eigenvalue weighted by Crippen LogP contribution is 2.38. The summed E-state index contributed by atoms with van der Waals surface area (Å²) in [6.45, 7) is 0.124. The van der Waals surface area contributed by atoms with E-state index in [0.717, 1.165) is 43.6 Å². The maximum absolute atomic E-state index is 13.9. The van der Waals surface area contributed by atoms with Gasteiger partial charge in [-0.2, -0.15) is 5.26 Å². The molecule has 9 nitrogen and oxygen atoms in total. The van der Waals surface area contributed by atoms with E-state index in [1.165, 1.54) is 7.11 Å². The Labute approximate surface area is 277 Å². The summed E-state index contributed by atoms with van der Waals surface area (Å²) in [5.74, 6) is -0.306. The zero-order valence-electron chi connectivity index (χ0n) is 26.2. The first-order valence-corrected chi connectivity index (χ1v) is 15.8. The minimum Gasteiger partial charge on any atom is -0.493 e. The van der Waals surface area contributed by atoms with Gasteiger partial charge in [0.15, 0.2) is 12.2 Å². The number of carbonyl (C=O) groups excluding carboxylic acids is 2. The quantitative estimate of drug-likeness (QED) is 0.0941. The van der Waals surface area contributed by atoms with Crippen molar-refractivity contribution in [3.8, 4) is 11.8 Å². The van der Waals surface area contributed by atoms with Gasteiger partial charge in [-0.1, -0.05) is 78.9 Å². The van der Waals surface area contributed by atoms with Crippen LogP contribution in [-0.4, -0.2) is 43.2 Å². The number of amides is 1. The normalized spacial score (nSPS) is 18.3. The molecule has 0 aliphatic carbocycles. The van der Waals surface area contributed by atoms with Gasteiger partial charge < -0.3 is 29.2 Å². The summed E-state index contributed by atoms with van der Waals surface area (Å²) in [6.07, 6.45) is -0.518. The SMILES string of the molecule is CO[C@@H](C(=O)OC[C@H]1NC(=O)[C@H](c2c[nH]c3ccccc23)O[C@@H]1c1ccc(OCCC#N)cc1)c1c2ccccc2cc2ccccc12. The predicted molar refractivity (Wildman–Crippen MR) is 181 cm³/mol. The van der Waals surface area contributed by atoms with E-state index >= 15 is 0 Å². The Kier molecular flexibility index (Phi) is 8.75. The van der Waals surface area contributed by atoms with Gasteiger partial charge in [0.2, 0.25) is 0 Å². The highest BCUT2D eigenvalue weighted by atomic mass is 16.6. The summed E-state index contributed by atoms with van der Waals surface area (Å²) >= 11 is 0. The first kappa shape index (κ1) is 30.9. The summed E-state index contributed by atoms with van der Waals surface area (Å²) in [6, 6.07) is 34.2. The first-order chi connectivity index (χ1) is 23.6. The van der Waals surface area contributed by atoms with Crippen LogP contribution in [0.25, 0.3) is 32.4 Å². The second kappa shape index (κ2) is 13.6. The number of morpholine rings is 1. The average Bonchev–Trinajstić information content (AvgIpc) is 3.55. The lowest BCUT2D eigenvalue weighted by atomic mass is 9.93. The fourth-order valence-corrected chi connectivity index (χ4v) is 6.48. The summed E-state index contributed by atoms with van der Waals surface area (Å²) in [7, 11) is 1.49. The number of hydrogen-bond acceptors (Lipinski definition) is 7. The molecule has 1 amide bonds. The van der Waals surface area contributed by atoms with Crippen molar-refractivity contribution in [2.45, 2.75) is 30.8 Å². The van der Waals surface area contributed by atoms with E-state index in [-0.39, 0.29) is 25.5 Å². The van der Waals surface area contributed by atoms with E-state index in [0.29, 0.717) is 11.3 Å². The Bertz CT molecular complexity index is 2100. The second-order valence-electron chi connectivity index (χ2n) is 11.6. The molecule has 48 heavy (non-hydrogen) atoms. The van der Waals surface area contributed by atoms with Gasteiger partial charge in [0.05, 0.1) is 18.5 Å². The smallest absolute Gasteiger partial charge is 0.340 e. The van der Waals surface area contributed by atoms with E-state index < -0.39 is 30.3 Å². The van der Waals surface area contributed by atoms with Crippen molar-refractivity contribution in [3.63, 3.8) is 0 Å². The standard InChI is InChI=1S/C39H33N3O6/c1-45-37(34-28-11-4-2-9-25(28)21-26-10-3-5-12-29(26)34)39(44)47-23-33-35(24-15-17-27(18-16-24)46-20-8-19-40)48-36(38(43)42-33)31-22-41-32-14-7-6-13-30(31)32/h2-7,9-18,21-22,33,35-37,41H,8,20,23H2,1H3,(H,42,43)/t33-,35-,36+,37-/m1/s1. The van der Waals surface area contributed by atoms with Gasteiger partial charge in [0.25, 0.3) is 5.91 Å². The lowest BCUT2D eigenvalue weighted by Gasteiger charge is -2.37. The van der Waals surface area contributed by atoms with Gasteiger partial charge in [0, 0.05) is 35.3 Å². The summed E-state index contributed by atoms with van der Waals surface area (Å²) < 4.78 is 24.0. The van der Waals surface area contributed by atoms with Crippen LogP contribution in [0.5, 0.6) is 5.75 Å². The van der Waals surface area contributed by atoms with E-state index in [9.17, 15) is 9.59 Å². The van der Waals surface area contributed by atoms with Gasteiger partial charge in [-0.25, -0.2) is 4.79 Å². The van der Waals surface area contributed by atoms with Crippen molar-refractivity contribution in [1.82, 2.24) is 10.3 Å². The van der Waals surface area contributed by atoms with Gasteiger partial charge in [-0.3, -0.25) is 4.79 Å². The number of aromatic nitrogens is 1. The third-order valence-electron chi connectivity index (χ3n) is 8.74. The van der Waals surface area contributed by atoms with Crippen LogP contribution in [-0.2, 0) is 23.8 Å². The largest absolute Gasteiger partial charge is 0.493 e. The molecule has 1 aliphatic rings. The van der Waals surface area contributed by atoms with Crippen molar-refractivity contribution < 1.29 is 28.5 Å². The zero-order valence-corrected chi connectivity index (χ0v) is 26.2. The number of aromatic amines is 1. The molecular formula is C39H33N3O6. The number of ether oxygens (including phenoxy) is 4. The number of nitrogens with one attached hydrogen (secondary N) is 2. The molecule has 2 N–H and O–H groups in total. The minimum atomic E-state index is -1.01. The summed E-state index contributed by atoms with van der Waals surface area (Å²) in [5, 5.41) is 16.6. The van der Waals surface area contributed by atoms with Crippen LogP contribution in [0.3, 0.4) is 0 Å². The molecule has 0 radical (unpaired) electrons. The molecule has 2 heterocycles. The Morgan fingerprint density at radius 2 is 1.58 bits per heavy atom. The number of para-hydroxylation sites is 1. The molecule has 5 aromatic carbocycles. The van der Waals surface area contributed by atoms with Crippen molar-refractivity contribution in [2.24, 2.45) is 0 Å². The number of H-pyrrole nitrogens is 1. The van der Waals surface area contributed by atoms with E-state index in [4.69, 9.17) is 24.2 Å². The molecule has 240 valence electrons. The Morgan fingerprint density at radius 1 is 0.917 bits per heavy atom. The fraction of sp³-hybridized carbons (Fsp3) is 0.205. The number of carbonyl (C=O) groups is 2. The van der Waals surface area contributed by atoms with Crippen molar-refractivity contribution in [3.05, 3.63) is 126 Å². The third kappa shape index (κ3) is 5.95. The summed E-state index contributed by atoms with van der Waals surface area (Å²) in [4.78, 5) is 30.7. The van der Waals surface area contributed by atoms with Crippen LogP contribution >= 0.6 is 0 Å². The monoisotopic (exact) mass is 639 g/mol. The van der Waals surface area contributed by atoms with Crippen LogP contribution in [0.2, 0.25) is 0 Å². The number of fused-ring (bicyclic) bond motifs is 3. The third-order valence-corrected chi connectivity index (χ3v) is 8.74. The Balaban J connectivity index is 1.17. The molecule has 1 aromatic heterocycles. The van der Waals surface area contributed by atoms with Gasteiger partial charge in [-0.05, 0) is 51.4 Å². The zero-order chi connectivity index (χ0) is 33.0. The molecule has 1 aliphatic heterocycles. The maximum Gasteiger partial charge on any atom is 0.340 e. The van der Waals surface area contributed by atoms with Gasteiger partial charge in [-0.15, -0.1) is 0 Å². The Hall–Kier alpha value is -5.69. The van der Waals surface area contributed by atoms with Crippen molar-refractivity contribution >= 4 is 44.3 Å². The molecule has 0 spiro atoms. The van der Waals surface area contributed by atoms with E-state index in [1.54, 1.807) is 18.3 Å². The highest BCUT2D eigenvalue weighted by Gasteiger charge is 2.40. The molecule has 6 aromatic rings. The first-order valence-electron chi connectivity index (χ1n) is 15.8. The molecule has 0 unspecified atom stereocenters. The van der Waals surface area contributed by atoms with Crippen LogP contribution in [0, 0.1) is 11.3 Å². The number of nitrogens with zero attached hydrogens (tertiary/aromatic N) is 1. The van der Waals surface area contributed by atoms with Gasteiger partial charge in [0.1, 0.15) is 25.1 Å². The van der Waals surface area contributed by atoms with Crippen molar-refractivity contribution in [1.29, 1.82) is 5.26 Å². The van der Waals surface area contributed by atoms with E-state index in [1.807, 2.05) is 84.9 Å². The fourth-order valence-electron chi connectivity index (χ4n) is 6.48. The van der Waals surface area contributed by atoms with E-state index in [2.05, 4.69) is 22.4 Å². The summed E-state index contributed by atoms with van der Waals surface area (Å²) in [5.41, 5.74) is 3.09. The lowest BCUT2D eigenvalue weighted by Crippen LogP contribution is -2.51. The predicted octanol–water partition coefficient (Wildman–Crippen LogP) is 7.00. The second-order valence-corrected chi connectivity index (χ2v) is 11.6. The Morgan fingerprint density at radius 3 is 2.27 bits per heavy atom. The van der Waals surface area contributed by atoms with Crippen LogP contribution < -0.4 is 10.1 Å². The number of methoxy groups -OCH3 is 1. The number of hydrogen-bond donors (Lipinski definition) is 2. The number of nitriles is 1. The molecule has 9 heteroatoms. The highest BCUT2D eigenvalue weighted by molar-refractivity contribution is 6.05. The average molecular weight is 640 g/mol. The maximum atomic E-state index is 13.9. The number of esters is 1. The van der Waals surface area contributed by atoms with Crippen molar-refractivity contribution in [2.75, 3.05) is 20.3 Å². The molecule has 4 atom stereocenters. The molecule has 1 fully saturated rings. The topological polar surface area (TPSA) is 123 Å². The molecule has 7 rings (SSSR count). The lowest BCUT2D eigenvalue weighted by molar-refractivity contribution is -0.165. The minimum absolute atomic E-state index is 0.154. The number of benzene rings is 5. The molecular weight excluding hydrogens is 606 g/mol. The molecule has 0 bridgehead atoms. The van der Waals surface area contributed by atoms with Crippen LogP contribution in [0.15, 0.2) is 109 Å². The number of rotatable bonds is 10. The van der Waals surface area contributed by atoms with Gasteiger partial charge >= 0.3 is 5.97 Å². The van der Waals surface area contributed by atoms with Crippen LogP contribution in [0.1, 0.15) is 41.4 Å². The molecule has 1 saturated heterocycles. The molecule has 0 saturated carbocycles.